The topological polar surface area (TPSA) is 40.5 Å². The highest BCUT2D eigenvalue weighted by Gasteiger charge is 2.34. The van der Waals surface area contributed by atoms with Gasteiger partial charge in [0.1, 0.15) is 5.92 Å². The molecule has 15 heavy (non-hydrogen) atoms. The van der Waals surface area contributed by atoms with Gasteiger partial charge in [0.2, 0.25) is 0 Å². The molecule has 0 aliphatic carbocycles. The van der Waals surface area contributed by atoms with Crippen LogP contribution in [0.25, 0.3) is 0 Å². The van der Waals surface area contributed by atoms with Crippen LogP contribution in [-0.4, -0.2) is 24.2 Å². The second-order valence-electron chi connectivity index (χ2n) is 3.60. The van der Waals surface area contributed by atoms with Crippen molar-refractivity contribution in [2.75, 3.05) is 18.0 Å². The molecule has 1 N–H and O–H groups in total. The molecule has 80 valence electrons. The van der Waals surface area contributed by atoms with Crippen molar-refractivity contribution in [2.45, 2.75) is 12.8 Å². The van der Waals surface area contributed by atoms with Crippen LogP contribution in [0.1, 0.15) is 18.4 Å². The van der Waals surface area contributed by atoms with Crippen molar-refractivity contribution >= 4 is 23.3 Å². The Balaban J connectivity index is 2.52. The molecule has 0 aromatic heterocycles. The maximum atomic E-state index is 11.1. The van der Waals surface area contributed by atoms with Crippen LogP contribution in [0.4, 0.5) is 5.69 Å². The highest BCUT2D eigenvalue weighted by atomic mass is 35.5. The van der Waals surface area contributed by atoms with Gasteiger partial charge in [0.25, 0.3) is 0 Å². The molecule has 1 aromatic carbocycles. The summed E-state index contributed by atoms with van der Waals surface area (Å²) in [5.74, 6) is -1.30. The van der Waals surface area contributed by atoms with Gasteiger partial charge in [-0.15, -0.1) is 0 Å². The highest BCUT2D eigenvalue weighted by molar-refractivity contribution is 6.32. The maximum Gasteiger partial charge on any atom is 0.312 e. The van der Waals surface area contributed by atoms with Crippen LogP contribution < -0.4 is 4.90 Å². The number of benzene rings is 1. The lowest BCUT2D eigenvalue weighted by Gasteiger charge is -2.16. The smallest absolute Gasteiger partial charge is 0.312 e. The lowest BCUT2D eigenvalue weighted by Crippen LogP contribution is -2.23. The van der Waals surface area contributed by atoms with E-state index < -0.39 is 11.9 Å². The first-order valence-electron chi connectivity index (χ1n) is 4.91. The zero-order valence-electron chi connectivity index (χ0n) is 8.40. The number of likely N-dealkylation sites (N-methyl/N-ethyl adjacent to an activating group) is 1. The van der Waals surface area contributed by atoms with Crippen LogP contribution in [0, 0.1) is 0 Å². The van der Waals surface area contributed by atoms with E-state index in [-0.39, 0.29) is 0 Å². The molecule has 4 heteroatoms. The van der Waals surface area contributed by atoms with Gasteiger partial charge in [-0.2, -0.15) is 0 Å². The minimum atomic E-state index is -0.805. The molecule has 0 bridgehead atoms. The van der Waals surface area contributed by atoms with E-state index in [4.69, 9.17) is 16.7 Å². The fourth-order valence-corrected chi connectivity index (χ4v) is 2.36. The number of hydrogen-bond donors (Lipinski definition) is 1. The lowest BCUT2D eigenvalue weighted by atomic mass is 10.0. The average Bonchev–Trinajstić information content (AvgIpc) is 2.58. The van der Waals surface area contributed by atoms with E-state index >= 15 is 0 Å². The quantitative estimate of drug-likeness (QED) is 0.840. The third kappa shape index (κ3) is 1.57. The average molecular weight is 226 g/mol. The van der Waals surface area contributed by atoms with Crippen molar-refractivity contribution in [2.24, 2.45) is 0 Å². The number of aliphatic carboxylic acids is 1. The van der Waals surface area contributed by atoms with Gasteiger partial charge in [0.05, 0.1) is 0 Å². The molecule has 0 amide bonds. The Morgan fingerprint density at radius 2 is 2.40 bits per heavy atom. The first-order valence-corrected chi connectivity index (χ1v) is 5.29. The summed E-state index contributed by atoms with van der Waals surface area (Å²) in [6, 6.07) is 5.52. The molecular weight excluding hydrogens is 214 g/mol. The first-order chi connectivity index (χ1) is 7.15. The summed E-state index contributed by atoms with van der Waals surface area (Å²) in [5, 5.41) is 9.66. The molecule has 1 aliphatic rings. The minimum Gasteiger partial charge on any atom is -0.481 e. The number of carboxylic acid groups (broad SMARTS) is 1. The Labute approximate surface area is 93.3 Å². The fourth-order valence-electron chi connectivity index (χ4n) is 2.06. The number of rotatable bonds is 2. The van der Waals surface area contributed by atoms with E-state index in [0.717, 1.165) is 17.8 Å². The van der Waals surface area contributed by atoms with E-state index in [0.29, 0.717) is 11.6 Å². The normalized spacial score (nSPS) is 19.1. The number of carbonyl (C=O) groups is 1. The number of fused-ring (bicyclic) bond motifs is 1. The molecule has 0 saturated heterocycles. The van der Waals surface area contributed by atoms with Gasteiger partial charge in [-0.05, 0) is 19.1 Å². The minimum absolute atomic E-state index is 0.492. The summed E-state index contributed by atoms with van der Waals surface area (Å²) in [6.45, 7) is 3.33. The largest absolute Gasteiger partial charge is 0.481 e. The molecule has 0 spiro atoms. The van der Waals surface area contributed by atoms with Crippen molar-refractivity contribution in [3.05, 3.63) is 28.8 Å². The standard InChI is InChI=1S/C11H12ClNO2/c1-2-13-6-7(11(14)15)10-8(12)4-3-5-9(10)13/h3-5,7H,2,6H2,1H3,(H,14,15). The second kappa shape index (κ2) is 3.74. The van der Waals surface area contributed by atoms with E-state index in [9.17, 15) is 4.79 Å². The molecule has 0 saturated carbocycles. The van der Waals surface area contributed by atoms with Gasteiger partial charge in [-0.25, -0.2) is 0 Å². The molecule has 0 fully saturated rings. The summed E-state index contributed by atoms with van der Waals surface area (Å²) in [4.78, 5) is 13.1. The molecule has 1 unspecified atom stereocenters. The SMILES string of the molecule is CCN1CC(C(=O)O)c2c(Cl)cccc21. The Bertz CT molecular complexity index is 406. The Kier molecular flexibility index (Phi) is 2.57. The summed E-state index contributed by atoms with van der Waals surface area (Å²) in [5.41, 5.74) is 1.71. The Morgan fingerprint density at radius 1 is 1.67 bits per heavy atom. The zero-order chi connectivity index (χ0) is 11.0. The van der Waals surface area contributed by atoms with Crippen molar-refractivity contribution in [1.82, 2.24) is 0 Å². The van der Waals surface area contributed by atoms with Crippen LogP contribution >= 0.6 is 11.6 Å². The first kappa shape index (κ1) is 10.3. The lowest BCUT2D eigenvalue weighted by molar-refractivity contribution is -0.138. The zero-order valence-corrected chi connectivity index (χ0v) is 9.16. The third-order valence-corrected chi connectivity index (χ3v) is 3.13. The predicted molar refractivity (Wildman–Crippen MR) is 59.7 cm³/mol. The molecule has 1 aromatic rings. The molecule has 2 rings (SSSR count). The number of halogens is 1. The van der Waals surface area contributed by atoms with Gasteiger partial charge in [0, 0.05) is 29.4 Å². The van der Waals surface area contributed by atoms with Crippen LogP contribution in [-0.2, 0) is 4.79 Å². The third-order valence-electron chi connectivity index (χ3n) is 2.80. The van der Waals surface area contributed by atoms with Crippen LogP contribution in [0.2, 0.25) is 5.02 Å². The number of nitrogens with zero attached hydrogens (tertiary/aromatic N) is 1. The van der Waals surface area contributed by atoms with Crippen LogP contribution in [0.5, 0.6) is 0 Å². The molecule has 1 atom stereocenters. The second-order valence-corrected chi connectivity index (χ2v) is 4.01. The van der Waals surface area contributed by atoms with Crippen molar-refractivity contribution in [1.29, 1.82) is 0 Å². The van der Waals surface area contributed by atoms with E-state index in [1.165, 1.54) is 0 Å². The number of carboxylic acids is 1. The summed E-state index contributed by atoms with van der Waals surface area (Å²) in [6.07, 6.45) is 0. The van der Waals surface area contributed by atoms with Gasteiger partial charge in [-0.3, -0.25) is 4.79 Å². The molecule has 1 heterocycles. The van der Waals surface area contributed by atoms with E-state index in [1.807, 2.05) is 24.0 Å². The number of hydrogen-bond acceptors (Lipinski definition) is 2. The molecular formula is C11H12ClNO2. The van der Waals surface area contributed by atoms with Crippen molar-refractivity contribution in [3.8, 4) is 0 Å². The summed E-state index contributed by atoms with van der Waals surface area (Å²) < 4.78 is 0. The predicted octanol–water partition coefficient (Wildman–Crippen LogP) is 2.35. The van der Waals surface area contributed by atoms with Crippen molar-refractivity contribution < 1.29 is 9.90 Å². The van der Waals surface area contributed by atoms with Gasteiger partial charge >= 0.3 is 5.97 Å². The molecule has 3 nitrogen and oxygen atoms in total. The maximum absolute atomic E-state index is 11.1. The van der Waals surface area contributed by atoms with Crippen LogP contribution in [0.3, 0.4) is 0 Å². The van der Waals surface area contributed by atoms with Gasteiger partial charge in [0.15, 0.2) is 0 Å². The van der Waals surface area contributed by atoms with E-state index in [2.05, 4.69) is 0 Å². The fraction of sp³-hybridized carbons (Fsp3) is 0.364. The van der Waals surface area contributed by atoms with E-state index in [1.54, 1.807) is 6.07 Å². The van der Waals surface area contributed by atoms with Crippen LogP contribution in [0.15, 0.2) is 18.2 Å². The highest BCUT2D eigenvalue weighted by Crippen LogP contribution is 2.40. The van der Waals surface area contributed by atoms with Gasteiger partial charge < -0.3 is 10.0 Å². The summed E-state index contributed by atoms with van der Waals surface area (Å²) in [7, 11) is 0. The number of anilines is 1. The van der Waals surface area contributed by atoms with Gasteiger partial charge in [-0.1, -0.05) is 17.7 Å². The Hall–Kier alpha value is -1.22. The summed E-state index contributed by atoms with van der Waals surface area (Å²) >= 11 is 6.04. The molecule has 1 aliphatic heterocycles. The Morgan fingerprint density at radius 3 is 3.00 bits per heavy atom. The monoisotopic (exact) mass is 225 g/mol. The van der Waals surface area contributed by atoms with Crippen molar-refractivity contribution in [3.63, 3.8) is 0 Å². The molecule has 0 radical (unpaired) electrons.